The van der Waals surface area contributed by atoms with Crippen LogP contribution in [-0.2, 0) is 41.6 Å². The molecule has 3 aliphatic rings. The van der Waals surface area contributed by atoms with Crippen molar-refractivity contribution in [2.45, 2.75) is 116 Å². The second-order valence-corrected chi connectivity index (χ2v) is 20.9. The molecule has 79 heavy (non-hydrogen) atoms. The molecule has 0 saturated carbocycles. The zero-order valence-corrected chi connectivity index (χ0v) is 44.2. The molecule has 5 heterocycles. The molecule has 26 heteroatoms. The first kappa shape index (κ1) is 59.7. The van der Waals surface area contributed by atoms with E-state index >= 15 is 8.78 Å². The number of nitrogens with zero attached hydrogens (tertiary/aromatic N) is 6. The maximum absolute atomic E-state index is 16.0. The Labute approximate surface area is 449 Å². The van der Waals surface area contributed by atoms with Crippen LogP contribution in [0.15, 0.2) is 59.1 Å². The third-order valence-corrected chi connectivity index (χ3v) is 14.8. The summed E-state index contributed by atoms with van der Waals surface area (Å²) in [5, 5.41) is 24.3. The molecule has 7 rings (SSSR count). The van der Waals surface area contributed by atoms with Gasteiger partial charge in [-0.25, -0.2) is 23.6 Å². The van der Waals surface area contributed by atoms with Crippen LogP contribution in [0.3, 0.4) is 0 Å². The molecule has 2 aromatic carbocycles. The number of pyridine rings is 1. The van der Waals surface area contributed by atoms with E-state index in [0.717, 1.165) is 71.3 Å². The number of carbonyl (C=O) groups excluding carboxylic acids is 4. The van der Waals surface area contributed by atoms with Gasteiger partial charge in [0.15, 0.2) is 0 Å². The SMILES string of the molecule is COC(=O)C[C@H](C(=O)NN(Cc1c(F)cc(-c2nnc(C)o2)cc1F)C[C@H](O)[C@H](Cc1ccc(C#Cc2ccc(N3CC4CCC(C3)N4C3COC3)nc2)cc1)NC(=O)[C@@H](NC(=O)OC)C(C)(C)C(F)(F)F)C(C)(C)C(F)(F)F. The van der Waals surface area contributed by atoms with E-state index in [2.05, 4.69) is 57.0 Å². The van der Waals surface area contributed by atoms with Gasteiger partial charge in [0.05, 0.1) is 68.8 Å². The number of piperazine rings is 1. The number of methoxy groups -OCH3 is 2. The van der Waals surface area contributed by atoms with E-state index in [0.29, 0.717) is 67.5 Å². The average Bonchev–Trinajstić information content (AvgIpc) is 4.11. The zero-order chi connectivity index (χ0) is 57.8. The van der Waals surface area contributed by atoms with Crippen molar-refractivity contribution in [3.05, 3.63) is 94.5 Å². The van der Waals surface area contributed by atoms with Crippen molar-refractivity contribution in [3.63, 3.8) is 0 Å². The number of anilines is 1. The summed E-state index contributed by atoms with van der Waals surface area (Å²) in [5.41, 5.74) is -3.47. The smallest absolute Gasteiger partial charge is 0.407 e. The first-order valence-corrected chi connectivity index (χ1v) is 25.1. The van der Waals surface area contributed by atoms with Gasteiger partial charge in [-0.1, -0.05) is 37.8 Å². The summed E-state index contributed by atoms with van der Waals surface area (Å²) in [5.74, 6) is -2.45. The van der Waals surface area contributed by atoms with E-state index in [1.807, 2.05) is 17.4 Å². The van der Waals surface area contributed by atoms with Crippen LogP contribution in [0.5, 0.6) is 0 Å². The molecule has 2 bridgehead atoms. The van der Waals surface area contributed by atoms with E-state index in [-0.39, 0.29) is 17.3 Å². The van der Waals surface area contributed by atoms with Crippen LogP contribution in [-0.4, -0.2) is 150 Å². The fourth-order valence-corrected chi connectivity index (χ4v) is 9.69. The van der Waals surface area contributed by atoms with Gasteiger partial charge in [-0.2, -0.15) is 26.3 Å². The number of alkyl halides is 6. The number of aliphatic hydroxyl groups excluding tert-OH is 1. The molecule has 4 aromatic rings. The summed E-state index contributed by atoms with van der Waals surface area (Å²) in [6, 6.07) is 8.73. The minimum absolute atomic E-state index is 0.0490. The lowest BCUT2D eigenvalue weighted by Crippen LogP contribution is -2.62. The van der Waals surface area contributed by atoms with Crippen LogP contribution in [0.4, 0.5) is 45.7 Å². The summed E-state index contributed by atoms with van der Waals surface area (Å²) in [6.07, 6.45) is -11.5. The number of benzene rings is 2. The Morgan fingerprint density at radius 1 is 0.823 bits per heavy atom. The van der Waals surface area contributed by atoms with Gasteiger partial charge in [0.25, 0.3) is 0 Å². The highest BCUT2D eigenvalue weighted by atomic mass is 19.4. The van der Waals surface area contributed by atoms with E-state index in [4.69, 9.17) is 9.15 Å². The van der Waals surface area contributed by atoms with Crippen molar-refractivity contribution in [1.29, 1.82) is 0 Å². The minimum atomic E-state index is -5.14. The highest BCUT2D eigenvalue weighted by molar-refractivity contribution is 5.87. The van der Waals surface area contributed by atoms with Crippen molar-refractivity contribution in [3.8, 4) is 23.3 Å². The van der Waals surface area contributed by atoms with Gasteiger partial charge in [-0.15, -0.1) is 10.2 Å². The molecule has 3 amide bonds. The predicted octanol–water partition coefficient (Wildman–Crippen LogP) is 6.17. The molecule has 2 aromatic heterocycles. The summed E-state index contributed by atoms with van der Waals surface area (Å²) in [6.45, 7) is 5.08. The lowest BCUT2D eigenvalue weighted by atomic mass is 9.75. The number of aliphatic hydroxyl groups is 1. The van der Waals surface area contributed by atoms with Gasteiger partial charge in [0, 0.05) is 73.6 Å². The van der Waals surface area contributed by atoms with Gasteiger partial charge in [-0.05, 0) is 75.1 Å². The first-order chi connectivity index (χ1) is 37.1. The molecule has 0 spiro atoms. The number of hydrazine groups is 1. The molecule has 4 N–H and O–H groups in total. The maximum atomic E-state index is 16.0. The molecule has 6 atom stereocenters. The van der Waals surface area contributed by atoms with Crippen LogP contribution < -0.4 is 21.0 Å². The quantitative estimate of drug-likeness (QED) is 0.0358. The molecule has 0 radical (unpaired) electrons. The largest absolute Gasteiger partial charge is 0.469 e. The van der Waals surface area contributed by atoms with Crippen molar-refractivity contribution in [2.24, 2.45) is 16.7 Å². The molecule has 0 aliphatic carbocycles. The lowest BCUT2D eigenvalue weighted by molar-refractivity contribution is -0.231. The Bertz CT molecular complexity index is 2850. The molecule has 2 unspecified atom stereocenters. The number of esters is 1. The Morgan fingerprint density at radius 2 is 1.43 bits per heavy atom. The molecule has 3 saturated heterocycles. The number of rotatable bonds is 19. The molecule has 3 fully saturated rings. The van der Waals surface area contributed by atoms with E-state index in [1.54, 1.807) is 18.3 Å². The van der Waals surface area contributed by atoms with E-state index < -0.39 is 114 Å². The van der Waals surface area contributed by atoms with Crippen LogP contribution >= 0.6 is 0 Å². The molecular weight excluding hydrogens is 1060 g/mol. The maximum Gasteiger partial charge on any atom is 0.407 e. The van der Waals surface area contributed by atoms with Crippen molar-refractivity contribution in [2.75, 3.05) is 52.0 Å². The van der Waals surface area contributed by atoms with Gasteiger partial charge in [0.2, 0.25) is 23.6 Å². The second kappa shape index (κ2) is 24.2. The number of aryl methyl sites for hydroxylation is 1. The Kier molecular flexibility index (Phi) is 18.3. The molecule has 18 nitrogen and oxygen atoms in total. The average molecular weight is 1120 g/mol. The van der Waals surface area contributed by atoms with E-state index in [9.17, 15) is 50.6 Å². The van der Waals surface area contributed by atoms with Crippen molar-refractivity contribution in [1.82, 2.24) is 41.1 Å². The first-order valence-electron chi connectivity index (χ1n) is 25.1. The van der Waals surface area contributed by atoms with Gasteiger partial charge in [-0.3, -0.25) is 24.7 Å². The van der Waals surface area contributed by atoms with Gasteiger partial charge >= 0.3 is 24.4 Å². The number of hydrogen-bond acceptors (Lipinski definition) is 15. The Hall–Kier alpha value is -6.95. The molecular formula is C53H61F8N9O9. The van der Waals surface area contributed by atoms with Gasteiger partial charge < -0.3 is 39.3 Å². The fourth-order valence-electron chi connectivity index (χ4n) is 9.69. The third kappa shape index (κ3) is 13.9. The molecule has 428 valence electrons. The number of alkyl carbamates (subject to hydrolysis) is 1. The summed E-state index contributed by atoms with van der Waals surface area (Å²) in [4.78, 5) is 62.6. The van der Waals surface area contributed by atoms with Crippen LogP contribution in [0, 0.1) is 47.1 Å². The predicted molar refractivity (Wildman–Crippen MR) is 266 cm³/mol. The van der Waals surface area contributed by atoms with Crippen LogP contribution in [0.1, 0.15) is 75.1 Å². The number of ether oxygens (including phenoxy) is 3. The summed E-state index contributed by atoms with van der Waals surface area (Å²) in [7, 11) is 1.72. The van der Waals surface area contributed by atoms with Crippen molar-refractivity contribution < 1.29 is 78.0 Å². The fraction of sp³-hybridized carbons (Fsp3) is 0.528. The number of aromatic nitrogens is 3. The minimum Gasteiger partial charge on any atom is -0.469 e. The summed E-state index contributed by atoms with van der Waals surface area (Å²) < 4.78 is 139. The normalized spacial score (nSPS) is 18.6. The summed E-state index contributed by atoms with van der Waals surface area (Å²) >= 11 is 0. The Morgan fingerprint density at radius 3 is 1.95 bits per heavy atom. The highest BCUT2D eigenvalue weighted by Crippen LogP contribution is 2.46. The van der Waals surface area contributed by atoms with Crippen LogP contribution in [0.25, 0.3) is 11.5 Å². The third-order valence-electron chi connectivity index (χ3n) is 14.8. The number of carbonyl (C=O) groups is 4. The molecule has 3 aliphatic heterocycles. The standard InChI is InChI=1S/C53H61F8N9O9/c1-29-65-66-48(79-29)33-19-39(54)37(40(55)20-33)25-69(67-46(73)38(21-44(72)76-6)50(2,3)52(56,57)58)26-42(71)41(63-47(74)45(64-49(75)77-7)51(4,5)53(59,60)61)18-31-11-8-30(9-12-31)10-13-32-14-17-43(62-22-32)68-23-34-15-16-35(24-68)70(34)36-27-78-28-36/h8-9,11-12,14,17,19-20,22,34-36,38,41-42,45,71H,15-16,18,21,23-28H2,1-7H3,(H,63,74)(H,64,75)(H,67,73)/t34?,35?,38-,41+,42+,45-/m1/s1. The second-order valence-electron chi connectivity index (χ2n) is 20.9. The number of halogens is 8. The lowest BCUT2D eigenvalue weighted by Gasteiger charge is -2.47. The monoisotopic (exact) mass is 1120 g/mol. The van der Waals surface area contributed by atoms with Crippen molar-refractivity contribution >= 4 is 29.7 Å². The van der Waals surface area contributed by atoms with Crippen LogP contribution in [0.2, 0.25) is 0 Å². The number of nitrogens with one attached hydrogen (secondary N) is 3. The van der Waals surface area contributed by atoms with E-state index in [1.165, 1.54) is 19.1 Å². The Balaban J connectivity index is 1.17. The number of amides is 3. The van der Waals surface area contributed by atoms with Gasteiger partial charge in [0.1, 0.15) is 23.5 Å². The number of hydrogen-bond donors (Lipinski definition) is 4. The highest BCUT2D eigenvalue weighted by Gasteiger charge is 2.57. The topological polar surface area (TPSA) is 214 Å². The zero-order valence-electron chi connectivity index (χ0n) is 44.2. The number of fused-ring (bicyclic) bond motifs is 2.